The van der Waals surface area contributed by atoms with Crippen LogP contribution in [0.25, 0.3) is 16.8 Å². The lowest BCUT2D eigenvalue weighted by Crippen LogP contribution is -2.33. The van der Waals surface area contributed by atoms with Gasteiger partial charge in [0.25, 0.3) is 5.63 Å². The molecule has 1 N–H and O–H groups in total. The summed E-state index contributed by atoms with van der Waals surface area (Å²) in [5.41, 5.74) is 0.0481. The molecular formula is C21H15ClF3N3OS. The third-order valence-electron chi connectivity index (χ3n) is 3.96. The maximum atomic E-state index is 13.5. The smallest absolute Gasteiger partial charge is 0.427 e. The molecule has 2 aromatic carbocycles. The summed E-state index contributed by atoms with van der Waals surface area (Å²) in [5.74, 6) is -0.321. The van der Waals surface area contributed by atoms with Gasteiger partial charge in [-0.2, -0.15) is 14.0 Å². The van der Waals surface area contributed by atoms with Crippen molar-refractivity contribution in [1.29, 1.82) is 5.26 Å². The van der Waals surface area contributed by atoms with Crippen LogP contribution >= 0.6 is 22.9 Å². The lowest BCUT2D eigenvalue weighted by molar-refractivity contribution is -0.198. The van der Waals surface area contributed by atoms with Crippen LogP contribution in [0.2, 0.25) is 0 Å². The third kappa shape index (κ3) is 5.12. The second-order valence-electron chi connectivity index (χ2n) is 6.18. The van der Waals surface area contributed by atoms with Crippen LogP contribution in [-0.4, -0.2) is 16.7 Å². The molecule has 0 aliphatic rings. The second-order valence-corrected chi connectivity index (χ2v) is 7.42. The number of benzene rings is 2. The molecule has 4 nitrogen and oxygen atoms in total. The average Bonchev–Trinajstić information content (AvgIpc) is 3.20. The summed E-state index contributed by atoms with van der Waals surface area (Å²) in [6.45, 7) is 1.98. The SMILES string of the molecule is Cc1ccc(-c2csc(C(C#N)=CNc3ccccc3OC(F)(F)C(F)Cl)n2)cc1. The van der Waals surface area contributed by atoms with E-state index in [1.54, 1.807) is 6.07 Å². The first kappa shape index (κ1) is 21.7. The number of hydrogen-bond donors (Lipinski definition) is 1. The monoisotopic (exact) mass is 449 g/mol. The normalized spacial score (nSPS) is 12.9. The van der Waals surface area contributed by atoms with Gasteiger partial charge < -0.3 is 10.1 Å². The minimum Gasteiger partial charge on any atom is -0.427 e. The molecule has 0 saturated carbocycles. The van der Waals surface area contributed by atoms with Crippen LogP contribution in [0, 0.1) is 18.3 Å². The van der Waals surface area contributed by atoms with E-state index < -0.39 is 11.7 Å². The summed E-state index contributed by atoms with van der Waals surface area (Å²) in [5, 5.41) is 14.5. The fourth-order valence-corrected chi connectivity index (χ4v) is 3.25. The first-order valence-corrected chi connectivity index (χ1v) is 9.95. The number of para-hydroxylation sites is 2. The van der Waals surface area contributed by atoms with Crippen molar-refractivity contribution in [2.45, 2.75) is 18.7 Å². The number of aromatic nitrogens is 1. The highest BCUT2D eigenvalue weighted by Crippen LogP contribution is 2.34. The molecule has 154 valence electrons. The zero-order valence-corrected chi connectivity index (χ0v) is 17.1. The van der Waals surface area contributed by atoms with Crippen LogP contribution in [0.1, 0.15) is 10.6 Å². The van der Waals surface area contributed by atoms with E-state index in [0.29, 0.717) is 5.01 Å². The average molecular weight is 450 g/mol. The molecule has 3 aromatic rings. The fraction of sp³-hybridized carbons (Fsp3) is 0.143. The maximum Gasteiger partial charge on any atom is 0.444 e. The van der Waals surface area contributed by atoms with Crippen LogP contribution in [0.15, 0.2) is 60.1 Å². The van der Waals surface area contributed by atoms with Gasteiger partial charge in [-0.1, -0.05) is 53.6 Å². The van der Waals surface area contributed by atoms with E-state index in [1.807, 2.05) is 42.6 Å². The summed E-state index contributed by atoms with van der Waals surface area (Å²) in [7, 11) is 0. The molecule has 9 heteroatoms. The number of anilines is 1. The Morgan fingerprint density at radius 2 is 1.97 bits per heavy atom. The quantitative estimate of drug-likeness (QED) is 0.326. The van der Waals surface area contributed by atoms with Gasteiger partial charge in [0.1, 0.15) is 22.4 Å². The van der Waals surface area contributed by atoms with E-state index in [4.69, 9.17) is 11.6 Å². The number of halogens is 4. The van der Waals surface area contributed by atoms with E-state index >= 15 is 0 Å². The van der Waals surface area contributed by atoms with E-state index in [0.717, 1.165) is 16.8 Å². The molecule has 1 atom stereocenters. The fourth-order valence-electron chi connectivity index (χ4n) is 2.41. The highest BCUT2D eigenvalue weighted by molar-refractivity contribution is 7.11. The molecule has 0 saturated heterocycles. The number of nitriles is 1. The van der Waals surface area contributed by atoms with Crippen LogP contribution in [-0.2, 0) is 0 Å². The van der Waals surface area contributed by atoms with Crippen molar-refractivity contribution in [3.05, 3.63) is 70.7 Å². The Balaban J connectivity index is 1.82. The molecule has 1 aromatic heterocycles. The first-order valence-electron chi connectivity index (χ1n) is 8.64. The highest BCUT2D eigenvalue weighted by Gasteiger charge is 2.42. The Morgan fingerprint density at radius 3 is 2.63 bits per heavy atom. The van der Waals surface area contributed by atoms with Crippen molar-refractivity contribution in [2.75, 3.05) is 5.32 Å². The molecule has 0 aliphatic heterocycles. The van der Waals surface area contributed by atoms with Gasteiger partial charge in [-0.05, 0) is 19.1 Å². The molecule has 1 heterocycles. The lowest BCUT2D eigenvalue weighted by atomic mass is 10.1. The molecule has 1 unspecified atom stereocenters. The molecule has 0 spiro atoms. The maximum absolute atomic E-state index is 13.5. The Bertz CT molecular complexity index is 1090. The summed E-state index contributed by atoms with van der Waals surface area (Å²) in [4.78, 5) is 4.47. The lowest BCUT2D eigenvalue weighted by Gasteiger charge is -2.19. The zero-order chi connectivity index (χ0) is 21.7. The van der Waals surface area contributed by atoms with Gasteiger partial charge in [0.15, 0.2) is 0 Å². The van der Waals surface area contributed by atoms with Crippen molar-refractivity contribution in [2.24, 2.45) is 0 Å². The predicted molar refractivity (Wildman–Crippen MR) is 112 cm³/mol. The molecule has 30 heavy (non-hydrogen) atoms. The third-order valence-corrected chi connectivity index (χ3v) is 5.09. The van der Waals surface area contributed by atoms with E-state index in [-0.39, 0.29) is 17.0 Å². The van der Waals surface area contributed by atoms with Crippen LogP contribution in [0.5, 0.6) is 5.75 Å². The van der Waals surface area contributed by atoms with Crippen molar-refractivity contribution in [1.82, 2.24) is 4.98 Å². The highest BCUT2D eigenvalue weighted by atomic mass is 35.5. The number of allylic oxidation sites excluding steroid dienone is 1. The summed E-state index contributed by atoms with van der Waals surface area (Å²) in [6.07, 6.45) is -2.88. The largest absolute Gasteiger partial charge is 0.444 e. The number of thiazole rings is 1. The van der Waals surface area contributed by atoms with Gasteiger partial charge in [-0.15, -0.1) is 11.3 Å². The Morgan fingerprint density at radius 1 is 1.27 bits per heavy atom. The summed E-state index contributed by atoms with van der Waals surface area (Å²) >= 11 is 6.11. The number of aryl methyl sites for hydroxylation is 1. The molecule has 0 radical (unpaired) electrons. The Hall–Kier alpha value is -3.02. The first-order chi connectivity index (χ1) is 14.3. The van der Waals surface area contributed by atoms with Crippen LogP contribution in [0.3, 0.4) is 0 Å². The number of nitrogens with zero attached hydrogens (tertiary/aromatic N) is 2. The van der Waals surface area contributed by atoms with Gasteiger partial charge >= 0.3 is 6.11 Å². The predicted octanol–water partition coefficient (Wildman–Crippen LogP) is 6.60. The van der Waals surface area contributed by atoms with Gasteiger partial charge in [0, 0.05) is 17.1 Å². The van der Waals surface area contributed by atoms with Crippen LogP contribution in [0.4, 0.5) is 18.9 Å². The van der Waals surface area contributed by atoms with Crippen molar-refractivity contribution < 1.29 is 17.9 Å². The summed E-state index contributed by atoms with van der Waals surface area (Å²) < 4.78 is 44.3. The number of nitrogens with one attached hydrogen (secondary N) is 1. The number of rotatable bonds is 7. The van der Waals surface area contributed by atoms with Gasteiger partial charge in [0.2, 0.25) is 0 Å². The summed E-state index contributed by atoms with van der Waals surface area (Å²) in [6, 6.07) is 15.5. The molecule has 0 amide bonds. The van der Waals surface area contributed by atoms with Gasteiger partial charge in [-0.25, -0.2) is 9.37 Å². The molecule has 0 bridgehead atoms. The van der Waals surface area contributed by atoms with Gasteiger partial charge in [0.05, 0.1) is 11.4 Å². The standard InChI is InChI=1S/C21H15ClF3N3OS/c1-13-6-8-14(9-7-13)17-12-30-19(28-17)15(10-26)11-27-16-4-2-3-5-18(16)29-21(24,25)20(22)23/h2-9,11-12,20,27H,1H3. The molecule has 0 fully saturated rings. The minimum absolute atomic E-state index is 0.109. The number of hydrogen-bond acceptors (Lipinski definition) is 5. The number of alkyl halides is 4. The Labute approximate surface area is 180 Å². The van der Waals surface area contributed by atoms with Crippen molar-refractivity contribution in [3.8, 4) is 23.1 Å². The zero-order valence-electron chi connectivity index (χ0n) is 15.6. The van der Waals surface area contributed by atoms with E-state index in [1.165, 1.54) is 35.7 Å². The van der Waals surface area contributed by atoms with Crippen molar-refractivity contribution in [3.63, 3.8) is 0 Å². The van der Waals surface area contributed by atoms with E-state index in [2.05, 4.69) is 15.0 Å². The Kier molecular flexibility index (Phi) is 6.65. The number of ether oxygens (including phenoxy) is 1. The minimum atomic E-state index is -4.21. The second kappa shape index (κ2) is 9.20. The van der Waals surface area contributed by atoms with Gasteiger partial charge in [-0.3, -0.25) is 0 Å². The molecule has 3 rings (SSSR count). The van der Waals surface area contributed by atoms with Crippen molar-refractivity contribution >= 4 is 34.2 Å². The van der Waals surface area contributed by atoms with E-state index in [9.17, 15) is 18.4 Å². The topological polar surface area (TPSA) is 57.9 Å². The van der Waals surface area contributed by atoms with Crippen LogP contribution < -0.4 is 10.1 Å². The molecular weight excluding hydrogens is 435 g/mol. The molecule has 0 aliphatic carbocycles.